The van der Waals surface area contributed by atoms with Crippen molar-refractivity contribution in [1.29, 1.82) is 0 Å². The van der Waals surface area contributed by atoms with Gasteiger partial charge in [-0.1, -0.05) is 11.2 Å². The second-order valence-corrected chi connectivity index (χ2v) is 4.06. The minimum atomic E-state index is -0.159. The first-order chi connectivity index (χ1) is 7.81. The predicted octanol–water partition coefficient (Wildman–Crippen LogP) is 2.62. The summed E-state index contributed by atoms with van der Waals surface area (Å²) in [6.45, 7) is 2.40. The van der Waals surface area contributed by atoms with Gasteiger partial charge in [-0.15, -0.1) is 11.3 Å². The summed E-state index contributed by atoms with van der Waals surface area (Å²) in [5.74, 6) is 0.461. The molecule has 2 aromatic heterocycles. The molecule has 5 heteroatoms. The summed E-state index contributed by atoms with van der Waals surface area (Å²) in [6.07, 6.45) is 0. The van der Waals surface area contributed by atoms with Crippen molar-refractivity contribution in [1.82, 2.24) is 5.16 Å². The normalized spacial score (nSPS) is 10.6. The Morgan fingerprint density at radius 3 is 3.19 bits per heavy atom. The van der Waals surface area contributed by atoms with E-state index in [1.807, 2.05) is 24.4 Å². The molecule has 0 aliphatic heterocycles. The fourth-order valence-electron chi connectivity index (χ4n) is 1.21. The van der Waals surface area contributed by atoms with Gasteiger partial charge in [-0.05, 0) is 18.4 Å². The first-order valence-corrected chi connectivity index (χ1v) is 5.80. The zero-order chi connectivity index (χ0) is 11.4. The average Bonchev–Trinajstić information content (AvgIpc) is 2.94. The molecule has 0 unspecified atom stereocenters. The molecule has 4 nitrogen and oxygen atoms in total. The van der Waals surface area contributed by atoms with Crippen LogP contribution < -0.4 is 0 Å². The van der Waals surface area contributed by atoms with Gasteiger partial charge in [-0.2, -0.15) is 0 Å². The average molecular weight is 237 g/mol. The summed E-state index contributed by atoms with van der Waals surface area (Å²) in [5, 5.41) is 5.67. The van der Waals surface area contributed by atoms with E-state index in [-0.39, 0.29) is 12.4 Å². The van der Waals surface area contributed by atoms with E-state index >= 15 is 0 Å². The summed E-state index contributed by atoms with van der Waals surface area (Å²) >= 11 is 1.54. The lowest BCUT2D eigenvalue weighted by Crippen LogP contribution is -2.08. The van der Waals surface area contributed by atoms with E-state index < -0.39 is 0 Å². The molecule has 0 radical (unpaired) electrons. The standard InChI is InChI=1S/C11H11NO3S/c1-2-14-7-9(13)8-6-10(15-12-8)11-4-3-5-16-11/h3-6H,2,7H2,1H3. The molecule has 0 spiro atoms. The van der Waals surface area contributed by atoms with E-state index in [0.717, 1.165) is 4.88 Å². The Hall–Kier alpha value is -1.46. The van der Waals surface area contributed by atoms with Crippen molar-refractivity contribution in [3.05, 3.63) is 29.3 Å². The highest BCUT2D eigenvalue weighted by atomic mass is 32.1. The number of Topliss-reactive ketones (excluding diaryl/α,β-unsaturated/α-hetero) is 1. The second kappa shape index (κ2) is 5.05. The number of rotatable bonds is 5. The first kappa shape index (κ1) is 11.0. The first-order valence-electron chi connectivity index (χ1n) is 4.92. The van der Waals surface area contributed by atoms with E-state index in [1.54, 1.807) is 17.4 Å². The molecule has 2 heterocycles. The third-order valence-electron chi connectivity index (χ3n) is 2.00. The molecule has 0 saturated heterocycles. The molecule has 0 fully saturated rings. The van der Waals surface area contributed by atoms with Crippen molar-refractivity contribution in [2.75, 3.05) is 13.2 Å². The number of hydrogen-bond acceptors (Lipinski definition) is 5. The molecule has 0 aliphatic carbocycles. The highest BCUT2D eigenvalue weighted by Crippen LogP contribution is 2.25. The van der Waals surface area contributed by atoms with Gasteiger partial charge in [0.05, 0.1) is 4.88 Å². The van der Waals surface area contributed by atoms with Crippen LogP contribution in [0.1, 0.15) is 17.4 Å². The number of ether oxygens (including phenoxy) is 1. The number of aromatic nitrogens is 1. The maximum atomic E-state index is 11.5. The molecule has 0 aliphatic rings. The third-order valence-corrected chi connectivity index (χ3v) is 2.88. The predicted molar refractivity (Wildman–Crippen MR) is 60.6 cm³/mol. The van der Waals surface area contributed by atoms with Crippen molar-refractivity contribution in [3.8, 4) is 10.6 Å². The van der Waals surface area contributed by atoms with E-state index in [9.17, 15) is 4.79 Å². The van der Waals surface area contributed by atoms with Gasteiger partial charge >= 0.3 is 0 Å². The maximum absolute atomic E-state index is 11.5. The molecular weight excluding hydrogens is 226 g/mol. The van der Waals surface area contributed by atoms with Crippen LogP contribution in [0.2, 0.25) is 0 Å². The van der Waals surface area contributed by atoms with E-state index in [2.05, 4.69) is 5.16 Å². The van der Waals surface area contributed by atoms with Gasteiger partial charge in [-0.3, -0.25) is 4.79 Å². The number of ketones is 1. The minimum absolute atomic E-state index is 0.0485. The Kier molecular flexibility index (Phi) is 3.48. The van der Waals surface area contributed by atoms with Crippen LogP contribution in [0.3, 0.4) is 0 Å². The Morgan fingerprint density at radius 2 is 2.50 bits per heavy atom. The van der Waals surface area contributed by atoms with Crippen molar-refractivity contribution < 1.29 is 14.1 Å². The van der Waals surface area contributed by atoms with Crippen molar-refractivity contribution in [2.45, 2.75) is 6.92 Å². The molecule has 0 atom stereocenters. The van der Waals surface area contributed by atoms with Crippen molar-refractivity contribution >= 4 is 17.1 Å². The summed E-state index contributed by atoms with van der Waals surface area (Å²) < 4.78 is 10.1. The van der Waals surface area contributed by atoms with Gasteiger partial charge in [0.15, 0.2) is 11.5 Å². The topological polar surface area (TPSA) is 52.3 Å². The van der Waals surface area contributed by atoms with Crippen LogP contribution in [-0.4, -0.2) is 24.2 Å². The molecule has 0 N–H and O–H groups in total. The smallest absolute Gasteiger partial charge is 0.210 e. The lowest BCUT2D eigenvalue weighted by Gasteiger charge is -1.95. The SMILES string of the molecule is CCOCC(=O)c1cc(-c2cccs2)on1. The van der Waals surface area contributed by atoms with Crippen LogP contribution in [0.25, 0.3) is 10.6 Å². The molecule has 0 aromatic carbocycles. The van der Waals surface area contributed by atoms with E-state index in [0.29, 0.717) is 18.1 Å². The molecule has 2 rings (SSSR count). The highest BCUT2D eigenvalue weighted by molar-refractivity contribution is 7.13. The number of carbonyl (C=O) groups excluding carboxylic acids is 1. The number of thiophene rings is 1. The van der Waals surface area contributed by atoms with E-state index in [1.165, 1.54) is 0 Å². The van der Waals surface area contributed by atoms with Crippen LogP contribution in [0.4, 0.5) is 0 Å². The zero-order valence-corrected chi connectivity index (χ0v) is 9.62. The van der Waals surface area contributed by atoms with E-state index in [4.69, 9.17) is 9.26 Å². The summed E-state index contributed by atoms with van der Waals surface area (Å²) in [6, 6.07) is 5.49. The lowest BCUT2D eigenvalue weighted by molar-refractivity contribution is 0.0774. The van der Waals surface area contributed by atoms with Crippen molar-refractivity contribution in [2.24, 2.45) is 0 Å². The Labute approximate surface area is 96.8 Å². The quantitative estimate of drug-likeness (QED) is 0.750. The molecule has 16 heavy (non-hydrogen) atoms. The fraction of sp³-hybridized carbons (Fsp3) is 0.273. The number of carbonyl (C=O) groups is 1. The summed E-state index contributed by atoms with van der Waals surface area (Å²) in [4.78, 5) is 12.5. The lowest BCUT2D eigenvalue weighted by atomic mass is 10.2. The summed E-state index contributed by atoms with van der Waals surface area (Å²) in [5.41, 5.74) is 0.317. The van der Waals surface area contributed by atoms with Gasteiger partial charge in [-0.25, -0.2) is 0 Å². The maximum Gasteiger partial charge on any atom is 0.210 e. The largest absolute Gasteiger partial charge is 0.374 e. The highest BCUT2D eigenvalue weighted by Gasteiger charge is 2.13. The number of hydrogen-bond donors (Lipinski definition) is 0. The molecular formula is C11H11NO3S. The molecule has 2 aromatic rings. The van der Waals surface area contributed by atoms with Crippen LogP contribution in [0.15, 0.2) is 28.1 Å². The van der Waals surface area contributed by atoms with Gasteiger partial charge in [0.2, 0.25) is 5.78 Å². The Bertz CT molecular complexity index is 461. The summed E-state index contributed by atoms with van der Waals surface area (Å²) in [7, 11) is 0. The molecule has 84 valence electrons. The minimum Gasteiger partial charge on any atom is -0.374 e. The zero-order valence-electron chi connectivity index (χ0n) is 8.80. The monoisotopic (exact) mass is 237 g/mol. The second-order valence-electron chi connectivity index (χ2n) is 3.11. The van der Waals surface area contributed by atoms with Crippen LogP contribution in [-0.2, 0) is 4.74 Å². The fourth-order valence-corrected chi connectivity index (χ4v) is 1.88. The number of nitrogens with zero attached hydrogens (tertiary/aromatic N) is 1. The molecule has 0 bridgehead atoms. The Morgan fingerprint density at radius 1 is 1.62 bits per heavy atom. The van der Waals surface area contributed by atoms with Gasteiger partial charge in [0.1, 0.15) is 6.61 Å². The van der Waals surface area contributed by atoms with Gasteiger partial charge in [0, 0.05) is 12.7 Å². The van der Waals surface area contributed by atoms with Crippen LogP contribution >= 0.6 is 11.3 Å². The van der Waals surface area contributed by atoms with Crippen LogP contribution in [0.5, 0.6) is 0 Å². The molecule has 0 amide bonds. The van der Waals surface area contributed by atoms with Gasteiger partial charge in [0.25, 0.3) is 0 Å². The third kappa shape index (κ3) is 2.37. The Balaban J connectivity index is 2.11. The molecule has 0 saturated carbocycles. The van der Waals surface area contributed by atoms with Crippen molar-refractivity contribution in [3.63, 3.8) is 0 Å². The van der Waals surface area contributed by atoms with Crippen LogP contribution in [0, 0.1) is 0 Å². The van der Waals surface area contributed by atoms with Gasteiger partial charge < -0.3 is 9.26 Å².